The van der Waals surface area contributed by atoms with Crippen LogP contribution in [0, 0.1) is 11.3 Å². The lowest BCUT2D eigenvalue weighted by molar-refractivity contribution is 0.502. The third-order valence-electron chi connectivity index (χ3n) is 2.29. The van der Waals surface area contributed by atoms with E-state index in [-0.39, 0.29) is 0 Å². The van der Waals surface area contributed by atoms with Gasteiger partial charge in [-0.2, -0.15) is 5.26 Å². The smallest absolute Gasteiger partial charge is 0.134 e. The van der Waals surface area contributed by atoms with Gasteiger partial charge in [-0.05, 0) is 24.3 Å². The average molecular weight is 291 g/mol. The van der Waals surface area contributed by atoms with Gasteiger partial charge in [-0.3, -0.25) is 5.32 Å². The van der Waals surface area contributed by atoms with Crippen molar-refractivity contribution < 1.29 is 4.42 Å². The lowest BCUT2D eigenvalue weighted by Crippen LogP contribution is -2.12. The Balaban J connectivity index is 2.08. The van der Waals surface area contributed by atoms with Crippen molar-refractivity contribution in [2.24, 2.45) is 0 Å². The van der Waals surface area contributed by atoms with E-state index in [1.165, 1.54) is 0 Å². The summed E-state index contributed by atoms with van der Waals surface area (Å²) in [4.78, 5) is 0. The summed E-state index contributed by atoms with van der Waals surface area (Å²) >= 11 is 3.39. The van der Waals surface area contributed by atoms with E-state index in [9.17, 15) is 0 Å². The summed E-state index contributed by atoms with van der Waals surface area (Å²) in [5.41, 5.74) is 1.04. The maximum atomic E-state index is 8.41. The van der Waals surface area contributed by atoms with Gasteiger partial charge in [0, 0.05) is 10.0 Å². The van der Waals surface area contributed by atoms with Crippen LogP contribution in [-0.4, -0.2) is 6.54 Å². The van der Waals surface area contributed by atoms with Crippen molar-refractivity contribution >= 4 is 15.9 Å². The largest absolute Gasteiger partial charge is 0.460 e. The van der Waals surface area contributed by atoms with Crippen molar-refractivity contribution in [1.29, 1.82) is 5.26 Å². The second kappa shape index (κ2) is 5.67. The van der Waals surface area contributed by atoms with Crippen LogP contribution in [0.25, 0.3) is 11.3 Å². The second-order valence-corrected chi connectivity index (χ2v) is 4.45. The van der Waals surface area contributed by atoms with Gasteiger partial charge in [0.05, 0.1) is 19.2 Å². The lowest BCUT2D eigenvalue weighted by atomic mass is 10.2. The van der Waals surface area contributed by atoms with Crippen molar-refractivity contribution in [3.63, 3.8) is 0 Å². The van der Waals surface area contributed by atoms with Crippen LogP contribution < -0.4 is 5.32 Å². The zero-order valence-electron chi connectivity index (χ0n) is 9.11. The van der Waals surface area contributed by atoms with Crippen molar-refractivity contribution in [2.45, 2.75) is 6.54 Å². The molecule has 0 aliphatic heterocycles. The van der Waals surface area contributed by atoms with E-state index < -0.39 is 0 Å². The number of nitrogens with one attached hydrogen (secondary N) is 1. The van der Waals surface area contributed by atoms with Crippen molar-refractivity contribution in [3.8, 4) is 17.4 Å². The lowest BCUT2D eigenvalue weighted by Gasteiger charge is -1.98. The minimum Gasteiger partial charge on any atom is -0.460 e. The predicted molar refractivity (Wildman–Crippen MR) is 69.2 cm³/mol. The number of hydrogen-bond acceptors (Lipinski definition) is 3. The van der Waals surface area contributed by atoms with Crippen LogP contribution in [0.15, 0.2) is 45.3 Å². The van der Waals surface area contributed by atoms with E-state index >= 15 is 0 Å². The van der Waals surface area contributed by atoms with Crippen LogP contribution in [0.4, 0.5) is 0 Å². The Morgan fingerprint density at radius 1 is 1.18 bits per heavy atom. The van der Waals surface area contributed by atoms with E-state index in [2.05, 4.69) is 21.2 Å². The molecule has 0 saturated carbocycles. The van der Waals surface area contributed by atoms with Crippen LogP contribution in [-0.2, 0) is 6.54 Å². The summed E-state index contributed by atoms with van der Waals surface area (Å²) < 4.78 is 6.71. The summed E-state index contributed by atoms with van der Waals surface area (Å²) in [6, 6.07) is 13.8. The molecule has 1 heterocycles. The van der Waals surface area contributed by atoms with Gasteiger partial charge in [-0.25, -0.2) is 0 Å². The van der Waals surface area contributed by atoms with Crippen molar-refractivity contribution in [3.05, 3.63) is 46.6 Å². The Kier molecular flexibility index (Phi) is 3.97. The molecule has 2 rings (SSSR count). The molecule has 0 bridgehead atoms. The molecule has 0 spiro atoms. The highest BCUT2D eigenvalue weighted by Gasteiger charge is 2.04. The standard InChI is InChI=1S/C13H11BrN2O/c14-11-3-1-10(2-4-11)13-6-5-12(17-13)9-16-8-7-15/h1-6,16H,8-9H2. The maximum Gasteiger partial charge on any atom is 0.134 e. The number of benzene rings is 1. The predicted octanol–water partition coefficient (Wildman–Crippen LogP) is 3.32. The number of furan rings is 1. The first-order valence-corrected chi connectivity index (χ1v) is 6.01. The van der Waals surface area contributed by atoms with Gasteiger partial charge in [-0.1, -0.05) is 28.1 Å². The van der Waals surface area contributed by atoms with Gasteiger partial charge >= 0.3 is 0 Å². The molecule has 2 aromatic rings. The Morgan fingerprint density at radius 3 is 2.65 bits per heavy atom. The topological polar surface area (TPSA) is 49.0 Å². The molecule has 17 heavy (non-hydrogen) atoms. The Bertz CT molecular complexity index is 525. The molecule has 3 nitrogen and oxygen atoms in total. The molecular weight excluding hydrogens is 280 g/mol. The molecule has 1 aromatic carbocycles. The van der Waals surface area contributed by atoms with Gasteiger partial charge in [0.1, 0.15) is 11.5 Å². The summed E-state index contributed by atoms with van der Waals surface area (Å²) in [6.07, 6.45) is 0. The molecule has 1 N–H and O–H groups in total. The number of nitrogens with zero attached hydrogens (tertiary/aromatic N) is 1. The van der Waals surface area contributed by atoms with Gasteiger partial charge in [0.25, 0.3) is 0 Å². The summed E-state index contributed by atoms with van der Waals surface area (Å²) in [5.74, 6) is 1.67. The maximum absolute atomic E-state index is 8.41. The van der Waals surface area contributed by atoms with E-state index in [0.717, 1.165) is 21.6 Å². The average Bonchev–Trinajstić information content (AvgIpc) is 2.79. The Morgan fingerprint density at radius 2 is 1.94 bits per heavy atom. The summed E-state index contributed by atoms with van der Waals surface area (Å²) in [5, 5.41) is 11.4. The molecule has 0 unspecified atom stereocenters. The highest BCUT2D eigenvalue weighted by Crippen LogP contribution is 2.23. The van der Waals surface area contributed by atoms with Crippen molar-refractivity contribution in [1.82, 2.24) is 5.32 Å². The fraction of sp³-hybridized carbons (Fsp3) is 0.154. The molecule has 0 fully saturated rings. The SMILES string of the molecule is N#CCNCc1ccc(-c2ccc(Br)cc2)o1. The third kappa shape index (κ3) is 3.19. The van der Waals surface area contributed by atoms with Crippen molar-refractivity contribution in [2.75, 3.05) is 6.54 Å². The Labute approximate surface area is 108 Å². The summed E-state index contributed by atoms with van der Waals surface area (Å²) in [6.45, 7) is 0.901. The van der Waals surface area contributed by atoms with Gasteiger partial charge in [-0.15, -0.1) is 0 Å². The second-order valence-electron chi connectivity index (χ2n) is 3.53. The zero-order valence-corrected chi connectivity index (χ0v) is 10.7. The monoisotopic (exact) mass is 290 g/mol. The fourth-order valence-electron chi connectivity index (χ4n) is 1.48. The molecule has 0 aliphatic rings. The van der Waals surface area contributed by atoms with Gasteiger partial charge < -0.3 is 4.42 Å². The first-order chi connectivity index (χ1) is 8.29. The molecule has 86 valence electrons. The van der Waals surface area contributed by atoms with Crippen LogP contribution in [0.3, 0.4) is 0 Å². The normalized spacial score (nSPS) is 10.1. The highest BCUT2D eigenvalue weighted by atomic mass is 79.9. The molecule has 0 amide bonds. The molecule has 0 atom stereocenters. The first-order valence-electron chi connectivity index (χ1n) is 5.22. The quantitative estimate of drug-likeness (QED) is 0.694. The van der Waals surface area contributed by atoms with Gasteiger partial charge in [0.2, 0.25) is 0 Å². The molecular formula is C13H11BrN2O. The summed E-state index contributed by atoms with van der Waals surface area (Å²) in [7, 11) is 0. The first kappa shape index (κ1) is 11.9. The van der Waals surface area contributed by atoms with E-state index in [1.807, 2.05) is 42.5 Å². The third-order valence-corrected chi connectivity index (χ3v) is 2.82. The van der Waals surface area contributed by atoms with E-state index in [4.69, 9.17) is 9.68 Å². The van der Waals surface area contributed by atoms with Crippen LogP contribution in [0.1, 0.15) is 5.76 Å². The van der Waals surface area contributed by atoms with E-state index in [1.54, 1.807) is 0 Å². The minimum atomic E-state index is 0.328. The number of hydrogen-bond donors (Lipinski definition) is 1. The molecule has 1 aromatic heterocycles. The molecule has 0 saturated heterocycles. The number of nitriles is 1. The minimum absolute atomic E-state index is 0.328. The van der Waals surface area contributed by atoms with Crippen LogP contribution >= 0.6 is 15.9 Å². The van der Waals surface area contributed by atoms with Gasteiger partial charge in [0.15, 0.2) is 0 Å². The Hall–Kier alpha value is -1.57. The fourth-order valence-corrected chi connectivity index (χ4v) is 1.75. The molecule has 0 radical (unpaired) electrons. The van der Waals surface area contributed by atoms with E-state index in [0.29, 0.717) is 13.1 Å². The molecule has 4 heteroatoms. The highest BCUT2D eigenvalue weighted by molar-refractivity contribution is 9.10. The zero-order chi connectivity index (χ0) is 12.1. The van der Waals surface area contributed by atoms with Crippen LogP contribution in [0.2, 0.25) is 0 Å². The number of rotatable bonds is 4. The molecule has 0 aliphatic carbocycles. The van der Waals surface area contributed by atoms with Crippen LogP contribution in [0.5, 0.6) is 0 Å². The number of halogens is 1.